The molecule has 0 heterocycles. The topological polar surface area (TPSA) is 37.3 Å². The minimum absolute atomic E-state index is 0.145. The molecule has 4 heteroatoms. The maximum atomic E-state index is 14.6. The van der Waals surface area contributed by atoms with Crippen molar-refractivity contribution in [2.24, 2.45) is 0 Å². The van der Waals surface area contributed by atoms with Gasteiger partial charge in [-0.15, -0.1) is 0 Å². The summed E-state index contributed by atoms with van der Waals surface area (Å²) in [5, 5.41) is 12.1. The van der Waals surface area contributed by atoms with Crippen LogP contribution in [0.2, 0.25) is 0 Å². The summed E-state index contributed by atoms with van der Waals surface area (Å²) in [5.74, 6) is 0. The van der Waals surface area contributed by atoms with Crippen LogP contribution in [0.15, 0.2) is 88.5 Å². The zero-order valence-corrected chi connectivity index (χ0v) is 17.5. The molecular weight excluding hydrogens is 454 g/mol. The number of aliphatic hydroxyl groups is 1. The van der Waals surface area contributed by atoms with Gasteiger partial charge in [-0.25, -0.2) is 0 Å². The van der Waals surface area contributed by atoms with Crippen LogP contribution in [-0.4, -0.2) is 11.7 Å². The van der Waals surface area contributed by atoms with Gasteiger partial charge in [-0.3, -0.25) is 0 Å². The molecule has 0 saturated carbocycles. The number of aryl methyl sites for hydroxylation is 1. The van der Waals surface area contributed by atoms with Gasteiger partial charge in [0.05, 0.1) is 6.61 Å². The molecule has 26 heavy (non-hydrogen) atoms. The Morgan fingerprint density at radius 2 is 1.31 bits per heavy atom. The number of benzene rings is 3. The summed E-state index contributed by atoms with van der Waals surface area (Å²) in [5.41, 5.74) is 2.02. The van der Waals surface area contributed by atoms with Gasteiger partial charge >= 0.3 is 0 Å². The van der Waals surface area contributed by atoms with E-state index >= 15 is 0 Å². The highest BCUT2D eigenvalue weighted by Gasteiger charge is 2.34. The number of rotatable bonds is 5. The van der Waals surface area contributed by atoms with Crippen molar-refractivity contribution in [3.63, 3.8) is 0 Å². The lowest BCUT2D eigenvalue weighted by atomic mass is 10.1. The Kier molecular flexibility index (Phi) is 6.13. The molecule has 0 aliphatic rings. The lowest BCUT2D eigenvalue weighted by molar-refractivity contribution is 0.342. The van der Waals surface area contributed by atoms with Gasteiger partial charge in [-0.1, -0.05) is 90.5 Å². The van der Waals surface area contributed by atoms with Gasteiger partial charge in [0, 0.05) is 19.5 Å². The Morgan fingerprint density at radius 3 is 1.73 bits per heavy atom. The average molecular weight is 474 g/mol. The van der Waals surface area contributed by atoms with Crippen LogP contribution in [0.4, 0.5) is 0 Å². The van der Waals surface area contributed by atoms with Gasteiger partial charge in [-0.05, 0) is 35.1 Å². The van der Waals surface area contributed by atoms with E-state index < -0.39 is 7.14 Å². The molecule has 0 saturated heterocycles. The Labute approximate surface area is 168 Å². The summed E-state index contributed by atoms with van der Waals surface area (Å²) in [7, 11) is -3.13. The SMILES string of the molecule is Cc1ccc(/C(=C(\I)CO)P(=O)(c2ccccc2)c2ccccc2)cc1. The predicted molar refractivity (Wildman–Crippen MR) is 119 cm³/mol. The van der Waals surface area contributed by atoms with E-state index in [9.17, 15) is 9.67 Å². The third-order valence-corrected chi connectivity index (χ3v) is 8.79. The highest BCUT2D eigenvalue weighted by molar-refractivity contribution is 14.1. The highest BCUT2D eigenvalue weighted by atomic mass is 127. The minimum Gasteiger partial charge on any atom is -0.391 e. The normalized spacial score (nSPS) is 12.6. The summed E-state index contributed by atoms with van der Waals surface area (Å²) >= 11 is 2.12. The fourth-order valence-electron chi connectivity index (χ4n) is 2.98. The van der Waals surface area contributed by atoms with Crippen molar-refractivity contribution in [2.45, 2.75) is 6.92 Å². The first-order chi connectivity index (χ1) is 12.6. The third-order valence-electron chi connectivity index (χ3n) is 4.28. The van der Waals surface area contributed by atoms with Crippen LogP contribution in [0.1, 0.15) is 11.1 Å². The summed E-state index contributed by atoms with van der Waals surface area (Å²) < 4.78 is 15.3. The molecule has 0 spiro atoms. The lowest BCUT2D eigenvalue weighted by Crippen LogP contribution is -2.18. The molecule has 0 aliphatic heterocycles. The van der Waals surface area contributed by atoms with E-state index in [1.54, 1.807) is 0 Å². The third kappa shape index (κ3) is 3.71. The molecule has 132 valence electrons. The quantitative estimate of drug-likeness (QED) is 0.413. The van der Waals surface area contributed by atoms with E-state index in [0.717, 1.165) is 21.7 Å². The second kappa shape index (κ2) is 8.34. The molecule has 3 aromatic carbocycles. The van der Waals surface area contributed by atoms with E-state index in [1.807, 2.05) is 91.9 Å². The van der Waals surface area contributed by atoms with Crippen molar-refractivity contribution < 1.29 is 9.67 Å². The van der Waals surface area contributed by atoms with E-state index in [2.05, 4.69) is 22.6 Å². The molecular formula is C22H20IO2P. The van der Waals surface area contributed by atoms with Gasteiger partial charge in [0.25, 0.3) is 0 Å². The second-order valence-corrected chi connectivity index (χ2v) is 10.1. The molecule has 3 rings (SSSR count). The van der Waals surface area contributed by atoms with Crippen LogP contribution in [0.25, 0.3) is 5.31 Å². The molecule has 0 fully saturated rings. The van der Waals surface area contributed by atoms with Gasteiger partial charge in [-0.2, -0.15) is 0 Å². The van der Waals surface area contributed by atoms with E-state index in [0.29, 0.717) is 8.89 Å². The van der Waals surface area contributed by atoms with Crippen molar-refractivity contribution in [1.82, 2.24) is 0 Å². The molecule has 0 aromatic heterocycles. The van der Waals surface area contributed by atoms with Crippen LogP contribution in [-0.2, 0) is 4.57 Å². The van der Waals surface area contributed by atoms with Gasteiger partial charge in [0.15, 0.2) is 7.14 Å². The lowest BCUT2D eigenvalue weighted by Gasteiger charge is -2.24. The predicted octanol–water partition coefficient (Wildman–Crippen LogP) is 5.11. The largest absolute Gasteiger partial charge is 0.391 e. The molecule has 0 atom stereocenters. The monoisotopic (exact) mass is 474 g/mol. The van der Waals surface area contributed by atoms with Crippen LogP contribution >= 0.6 is 29.7 Å². The van der Waals surface area contributed by atoms with Crippen molar-refractivity contribution in [3.05, 3.63) is 99.6 Å². The molecule has 3 aromatic rings. The molecule has 1 N–H and O–H groups in total. The standard InChI is InChI=1S/C22H20IO2P/c1-17-12-14-18(15-13-17)22(21(23)16-24)26(25,19-8-4-2-5-9-19)20-10-6-3-7-11-20/h2-15,24H,16H2,1H3/b22-21+. The summed E-state index contributed by atoms with van der Waals surface area (Å²) in [6, 6.07) is 27.1. The first-order valence-electron chi connectivity index (χ1n) is 8.35. The molecule has 0 bridgehead atoms. The fourth-order valence-corrected chi connectivity index (χ4v) is 7.23. The maximum Gasteiger partial charge on any atom is 0.172 e. The maximum absolute atomic E-state index is 14.6. The Hall–Kier alpha value is -1.68. The second-order valence-electron chi connectivity index (χ2n) is 6.06. The zero-order valence-electron chi connectivity index (χ0n) is 14.5. The van der Waals surface area contributed by atoms with Crippen LogP contribution in [0, 0.1) is 6.92 Å². The molecule has 0 aliphatic carbocycles. The molecule has 0 amide bonds. The highest BCUT2D eigenvalue weighted by Crippen LogP contribution is 2.58. The molecule has 0 radical (unpaired) electrons. The minimum atomic E-state index is -3.13. The van der Waals surface area contributed by atoms with Gasteiger partial charge in [0.2, 0.25) is 0 Å². The number of hydrogen-bond donors (Lipinski definition) is 1. The summed E-state index contributed by atoms with van der Waals surface area (Å²) in [4.78, 5) is 0. The first kappa shape index (κ1) is 19.1. The number of halogens is 1. The van der Waals surface area contributed by atoms with Crippen molar-refractivity contribution in [1.29, 1.82) is 0 Å². The van der Waals surface area contributed by atoms with E-state index in [1.165, 1.54) is 0 Å². The molecule has 0 unspecified atom stereocenters. The van der Waals surface area contributed by atoms with Crippen molar-refractivity contribution in [2.75, 3.05) is 6.61 Å². The number of hydrogen-bond acceptors (Lipinski definition) is 2. The summed E-state index contributed by atoms with van der Waals surface area (Å²) in [6.45, 7) is 1.88. The zero-order chi connectivity index (χ0) is 18.6. The summed E-state index contributed by atoms with van der Waals surface area (Å²) in [6.07, 6.45) is 0. The van der Waals surface area contributed by atoms with Crippen LogP contribution in [0.3, 0.4) is 0 Å². The average Bonchev–Trinajstić information content (AvgIpc) is 2.70. The smallest absolute Gasteiger partial charge is 0.172 e. The van der Waals surface area contributed by atoms with Crippen molar-refractivity contribution >= 4 is 45.7 Å². The van der Waals surface area contributed by atoms with E-state index in [4.69, 9.17) is 0 Å². The van der Waals surface area contributed by atoms with Crippen LogP contribution < -0.4 is 10.6 Å². The Morgan fingerprint density at radius 1 is 0.846 bits per heavy atom. The Balaban J connectivity index is 2.35. The first-order valence-corrected chi connectivity index (χ1v) is 11.1. The van der Waals surface area contributed by atoms with E-state index in [-0.39, 0.29) is 6.61 Å². The van der Waals surface area contributed by atoms with Crippen LogP contribution in [0.5, 0.6) is 0 Å². The molecule has 2 nitrogen and oxygen atoms in total. The van der Waals surface area contributed by atoms with Crippen molar-refractivity contribution in [3.8, 4) is 0 Å². The Bertz CT molecular complexity index is 905. The number of aliphatic hydroxyl groups excluding tert-OH is 1. The fraction of sp³-hybridized carbons (Fsp3) is 0.0909. The van der Waals surface area contributed by atoms with Gasteiger partial charge in [0.1, 0.15) is 0 Å². The van der Waals surface area contributed by atoms with Gasteiger partial charge < -0.3 is 9.67 Å².